The summed E-state index contributed by atoms with van der Waals surface area (Å²) in [6, 6.07) is 12.5. The van der Waals surface area contributed by atoms with Crippen LogP contribution in [0.15, 0.2) is 59.4 Å². The highest BCUT2D eigenvalue weighted by Gasteiger charge is 2.06. The molecule has 0 amide bonds. The Labute approximate surface area is 164 Å². The molecule has 1 atom stereocenters. The molecule has 0 aliphatic heterocycles. The third-order valence-corrected chi connectivity index (χ3v) is 5.03. The number of nitrogens with zero attached hydrogens (tertiary/aromatic N) is 4. The summed E-state index contributed by atoms with van der Waals surface area (Å²) in [7, 11) is 0. The van der Waals surface area contributed by atoms with Gasteiger partial charge in [-0.15, -0.1) is 11.3 Å². The minimum Gasteiger partial charge on any atom is -0.357 e. The van der Waals surface area contributed by atoms with Crippen molar-refractivity contribution in [3.8, 4) is 5.69 Å². The maximum atomic E-state index is 4.71. The lowest BCUT2D eigenvalue weighted by Gasteiger charge is -2.15. The molecule has 0 spiro atoms. The topological polar surface area (TPSA) is 67.1 Å². The molecule has 3 rings (SSSR count). The fraction of sp³-hybridized carbons (Fsp3) is 0.350. The Kier molecular flexibility index (Phi) is 6.98. The van der Waals surface area contributed by atoms with Crippen LogP contribution >= 0.6 is 11.3 Å². The van der Waals surface area contributed by atoms with Gasteiger partial charge < -0.3 is 10.6 Å². The number of benzene rings is 1. The van der Waals surface area contributed by atoms with Crippen LogP contribution in [0, 0.1) is 5.92 Å². The first kappa shape index (κ1) is 19.1. The smallest absolute Gasteiger partial charge is 0.191 e. The van der Waals surface area contributed by atoms with Crippen LogP contribution in [0.3, 0.4) is 0 Å². The summed E-state index contributed by atoms with van der Waals surface area (Å²) in [5, 5.41) is 13.1. The number of nitrogens with one attached hydrogen (secondary N) is 2. The largest absolute Gasteiger partial charge is 0.357 e. The van der Waals surface area contributed by atoms with Crippen LogP contribution in [-0.2, 0) is 13.0 Å². The summed E-state index contributed by atoms with van der Waals surface area (Å²) in [6.45, 7) is 6.72. The molecule has 0 fully saturated rings. The first-order valence-corrected chi connectivity index (χ1v) is 10.1. The fourth-order valence-corrected chi connectivity index (χ4v) is 3.59. The van der Waals surface area contributed by atoms with Gasteiger partial charge in [0, 0.05) is 18.0 Å². The van der Waals surface area contributed by atoms with Crippen molar-refractivity contribution in [2.45, 2.75) is 26.8 Å². The minimum atomic E-state index is 0.550. The Morgan fingerprint density at radius 1 is 1.22 bits per heavy atom. The second-order valence-electron chi connectivity index (χ2n) is 6.47. The molecular formula is C20H26N6S. The van der Waals surface area contributed by atoms with E-state index in [9.17, 15) is 0 Å². The van der Waals surface area contributed by atoms with Crippen LogP contribution in [0.4, 0.5) is 0 Å². The molecule has 2 N–H and O–H groups in total. The van der Waals surface area contributed by atoms with E-state index in [-0.39, 0.29) is 0 Å². The molecule has 1 aromatic carbocycles. The molecule has 3 aromatic rings. The normalized spacial score (nSPS) is 12.7. The van der Waals surface area contributed by atoms with Crippen LogP contribution in [0.2, 0.25) is 0 Å². The van der Waals surface area contributed by atoms with Crippen molar-refractivity contribution in [3.63, 3.8) is 0 Å². The fourth-order valence-electron chi connectivity index (χ4n) is 2.72. The quantitative estimate of drug-likeness (QED) is 0.463. The average molecular weight is 383 g/mol. The van der Waals surface area contributed by atoms with Crippen LogP contribution in [0.25, 0.3) is 5.69 Å². The van der Waals surface area contributed by atoms with Gasteiger partial charge in [-0.25, -0.2) is 14.7 Å². The van der Waals surface area contributed by atoms with Gasteiger partial charge in [0.2, 0.25) is 0 Å². The lowest BCUT2D eigenvalue weighted by Crippen LogP contribution is -2.39. The second-order valence-corrected chi connectivity index (χ2v) is 7.50. The third kappa shape index (κ3) is 5.92. The van der Waals surface area contributed by atoms with Crippen LogP contribution in [0.5, 0.6) is 0 Å². The first-order chi connectivity index (χ1) is 13.2. The molecule has 0 aliphatic rings. The molecule has 6 nitrogen and oxygen atoms in total. The van der Waals surface area contributed by atoms with Crippen molar-refractivity contribution in [1.29, 1.82) is 0 Å². The van der Waals surface area contributed by atoms with E-state index in [1.165, 1.54) is 11.2 Å². The lowest BCUT2D eigenvalue weighted by molar-refractivity contribution is 0.562. The highest BCUT2D eigenvalue weighted by atomic mass is 32.1. The zero-order valence-electron chi connectivity index (χ0n) is 15.8. The van der Waals surface area contributed by atoms with Gasteiger partial charge in [-0.2, -0.15) is 5.10 Å². The molecule has 0 saturated carbocycles. The van der Waals surface area contributed by atoms with E-state index in [1.54, 1.807) is 11.0 Å². The lowest BCUT2D eigenvalue weighted by atomic mass is 10.1. The Balaban J connectivity index is 1.53. The molecule has 2 heterocycles. The van der Waals surface area contributed by atoms with E-state index in [1.807, 2.05) is 23.5 Å². The molecule has 1 unspecified atom stereocenters. The molecule has 0 aliphatic carbocycles. The third-order valence-electron chi connectivity index (χ3n) is 4.13. The molecule has 0 radical (unpaired) electrons. The monoisotopic (exact) mass is 382 g/mol. The Morgan fingerprint density at radius 2 is 2.07 bits per heavy atom. The van der Waals surface area contributed by atoms with Gasteiger partial charge in [-0.05, 0) is 48.4 Å². The van der Waals surface area contributed by atoms with Crippen molar-refractivity contribution in [3.05, 3.63) is 64.9 Å². The minimum absolute atomic E-state index is 0.550. The highest BCUT2D eigenvalue weighted by Crippen LogP contribution is 2.14. The number of rotatable bonds is 8. The summed E-state index contributed by atoms with van der Waals surface area (Å²) >= 11 is 1.82. The van der Waals surface area contributed by atoms with Gasteiger partial charge in [-0.1, -0.05) is 25.1 Å². The Morgan fingerprint density at radius 3 is 2.74 bits per heavy atom. The second kappa shape index (κ2) is 9.87. The van der Waals surface area contributed by atoms with Gasteiger partial charge in [-0.3, -0.25) is 0 Å². The molecule has 2 aromatic heterocycles. The van der Waals surface area contributed by atoms with E-state index in [0.717, 1.165) is 36.7 Å². The first-order valence-electron chi connectivity index (χ1n) is 9.23. The zero-order chi connectivity index (χ0) is 18.9. The predicted octanol–water partition coefficient (Wildman–Crippen LogP) is 3.26. The van der Waals surface area contributed by atoms with Crippen LogP contribution in [0.1, 0.15) is 24.3 Å². The number of thiophene rings is 1. The summed E-state index contributed by atoms with van der Waals surface area (Å²) < 4.78 is 1.74. The average Bonchev–Trinajstić information content (AvgIpc) is 3.38. The summed E-state index contributed by atoms with van der Waals surface area (Å²) in [6.07, 6.45) is 4.32. The van der Waals surface area contributed by atoms with Gasteiger partial charge in [0.1, 0.15) is 12.7 Å². The van der Waals surface area contributed by atoms with E-state index in [4.69, 9.17) is 4.99 Å². The van der Waals surface area contributed by atoms with E-state index < -0.39 is 0 Å². The van der Waals surface area contributed by atoms with Gasteiger partial charge in [0.25, 0.3) is 0 Å². The molecule has 0 saturated heterocycles. The van der Waals surface area contributed by atoms with Crippen molar-refractivity contribution < 1.29 is 0 Å². The summed E-state index contributed by atoms with van der Waals surface area (Å²) in [4.78, 5) is 10.1. The molecular weight excluding hydrogens is 356 g/mol. The number of hydrogen-bond acceptors (Lipinski definition) is 4. The van der Waals surface area contributed by atoms with E-state index in [0.29, 0.717) is 12.5 Å². The summed E-state index contributed by atoms with van der Waals surface area (Å²) in [5.74, 6) is 1.41. The van der Waals surface area contributed by atoms with Crippen molar-refractivity contribution in [2.75, 3.05) is 13.1 Å². The number of hydrogen-bond donors (Lipinski definition) is 2. The molecule has 142 valence electrons. The van der Waals surface area contributed by atoms with Gasteiger partial charge in [0.15, 0.2) is 5.96 Å². The SMILES string of the molecule is CCNC(=NCc1ccc(-n2cncn2)cc1)NCC(C)Cc1cccs1. The van der Waals surface area contributed by atoms with E-state index in [2.05, 4.69) is 64.2 Å². The molecule has 7 heteroatoms. The van der Waals surface area contributed by atoms with Crippen molar-refractivity contribution >= 4 is 17.3 Å². The number of guanidine groups is 1. The maximum Gasteiger partial charge on any atom is 0.191 e. The Bertz CT molecular complexity index is 809. The van der Waals surface area contributed by atoms with Crippen molar-refractivity contribution in [1.82, 2.24) is 25.4 Å². The highest BCUT2D eigenvalue weighted by molar-refractivity contribution is 7.09. The van der Waals surface area contributed by atoms with Crippen LogP contribution in [-0.4, -0.2) is 33.8 Å². The Hall–Kier alpha value is -2.67. The zero-order valence-corrected chi connectivity index (χ0v) is 16.6. The van der Waals surface area contributed by atoms with Gasteiger partial charge >= 0.3 is 0 Å². The number of aromatic nitrogens is 3. The predicted molar refractivity (Wildman–Crippen MR) is 111 cm³/mol. The standard InChI is InChI=1S/C20H26N6S/c1-3-22-20(23-12-16(2)11-19-5-4-10-27-19)24-13-17-6-8-18(9-7-17)26-15-21-14-25-26/h4-10,14-16H,3,11-13H2,1-2H3,(H2,22,23,24). The molecule has 27 heavy (non-hydrogen) atoms. The number of aliphatic imine (C=N–C) groups is 1. The van der Waals surface area contributed by atoms with E-state index >= 15 is 0 Å². The van der Waals surface area contributed by atoms with Gasteiger partial charge in [0.05, 0.1) is 12.2 Å². The van der Waals surface area contributed by atoms with Crippen molar-refractivity contribution in [2.24, 2.45) is 10.9 Å². The molecule has 0 bridgehead atoms. The van der Waals surface area contributed by atoms with Crippen LogP contribution < -0.4 is 10.6 Å². The maximum absolute atomic E-state index is 4.71. The summed E-state index contributed by atoms with van der Waals surface area (Å²) in [5.41, 5.74) is 2.15.